The van der Waals surface area contributed by atoms with Gasteiger partial charge in [0.15, 0.2) is 0 Å². The largest absolute Gasteiger partial charge is 0.359 e. The lowest BCUT2D eigenvalue weighted by Crippen LogP contribution is -2.33. The summed E-state index contributed by atoms with van der Waals surface area (Å²) in [4.78, 5) is 0. The van der Waals surface area contributed by atoms with Crippen LogP contribution in [0.3, 0.4) is 0 Å². The SMILES string of the molecule is CC(C)(C)C1C=CC(N)OC1. The molecule has 0 radical (unpaired) electrons. The Balaban J connectivity index is 2.57. The highest BCUT2D eigenvalue weighted by Crippen LogP contribution is 2.29. The average molecular weight is 155 g/mol. The average Bonchev–Trinajstić information content (AvgIpc) is 1.86. The molecule has 0 bridgehead atoms. The molecule has 0 aromatic heterocycles. The lowest BCUT2D eigenvalue weighted by atomic mass is 9.80. The Bertz CT molecular complexity index is 157. The molecular weight excluding hydrogens is 138 g/mol. The molecule has 2 N–H and O–H groups in total. The van der Waals surface area contributed by atoms with E-state index >= 15 is 0 Å². The van der Waals surface area contributed by atoms with E-state index in [1.165, 1.54) is 0 Å². The van der Waals surface area contributed by atoms with Crippen molar-refractivity contribution in [2.24, 2.45) is 17.1 Å². The summed E-state index contributed by atoms with van der Waals surface area (Å²) in [7, 11) is 0. The normalized spacial score (nSPS) is 32.4. The summed E-state index contributed by atoms with van der Waals surface area (Å²) in [6, 6.07) is 0. The maximum absolute atomic E-state index is 5.53. The van der Waals surface area contributed by atoms with Crippen LogP contribution in [0.4, 0.5) is 0 Å². The van der Waals surface area contributed by atoms with Gasteiger partial charge in [0.05, 0.1) is 6.61 Å². The summed E-state index contributed by atoms with van der Waals surface area (Å²) in [5.41, 5.74) is 5.82. The third-order valence-electron chi connectivity index (χ3n) is 2.11. The Labute approximate surface area is 68.4 Å². The van der Waals surface area contributed by atoms with Gasteiger partial charge >= 0.3 is 0 Å². The molecule has 0 fully saturated rings. The molecule has 0 aliphatic carbocycles. The van der Waals surface area contributed by atoms with Crippen molar-refractivity contribution in [3.05, 3.63) is 12.2 Å². The maximum Gasteiger partial charge on any atom is 0.124 e. The highest BCUT2D eigenvalue weighted by molar-refractivity contribution is 4.99. The Morgan fingerprint density at radius 1 is 1.36 bits per heavy atom. The van der Waals surface area contributed by atoms with Crippen molar-refractivity contribution in [3.63, 3.8) is 0 Å². The van der Waals surface area contributed by atoms with Crippen LogP contribution in [-0.4, -0.2) is 12.8 Å². The smallest absolute Gasteiger partial charge is 0.124 e. The molecule has 2 unspecified atom stereocenters. The lowest BCUT2D eigenvalue weighted by Gasteiger charge is -2.31. The highest BCUT2D eigenvalue weighted by atomic mass is 16.5. The zero-order valence-electron chi connectivity index (χ0n) is 7.50. The first-order valence-corrected chi connectivity index (χ1v) is 4.05. The molecule has 2 heteroatoms. The number of hydrogen-bond acceptors (Lipinski definition) is 2. The first-order valence-electron chi connectivity index (χ1n) is 4.05. The van der Waals surface area contributed by atoms with E-state index in [1.807, 2.05) is 6.08 Å². The number of nitrogens with two attached hydrogens (primary N) is 1. The monoisotopic (exact) mass is 155 g/mol. The minimum atomic E-state index is -0.186. The maximum atomic E-state index is 5.53. The molecule has 2 atom stereocenters. The predicted molar refractivity (Wildman–Crippen MR) is 46.0 cm³/mol. The summed E-state index contributed by atoms with van der Waals surface area (Å²) in [6.45, 7) is 7.38. The van der Waals surface area contributed by atoms with E-state index in [1.54, 1.807) is 0 Å². The molecule has 0 aromatic carbocycles. The van der Waals surface area contributed by atoms with E-state index in [-0.39, 0.29) is 11.6 Å². The molecule has 1 aliphatic rings. The molecule has 0 saturated carbocycles. The molecule has 0 saturated heterocycles. The van der Waals surface area contributed by atoms with Crippen LogP contribution in [0.5, 0.6) is 0 Å². The van der Waals surface area contributed by atoms with Crippen molar-refractivity contribution in [1.82, 2.24) is 0 Å². The van der Waals surface area contributed by atoms with E-state index in [4.69, 9.17) is 10.5 Å². The van der Waals surface area contributed by atoms with E-state index in [0.29, 0.717) is 5.92 Å². The third kappa shape index (κ3) is 2.31. The predicted octanol–water partition coefficient (Wildman–Crippen LogP) is 1.52. The van der Waals surface area contributed by atoms with E-state index < -0.39 is 0 Å². The molecule has 0 spiro atoms. The van der Waals surface area contributed by atoms with E-state index in [0.717, 1.165) is 6.61 Å². The van der Waals surface area contributed by atoms with Crippen molar-refractivity contribution < 1.29 is 4.74 Å². The number of ether oxygens (including phenoxy) is 1. The summed E-state index contributed by atoms with van der Waals surface area (Å²) in [6.07, 6.45) is 3.90. The molecule has 1 rings (SSSR count). The van der Waals surface area contributed by atoms with Crippen molar-refractivity contribution >= 4 is 0 Å². The molecule has 11 heavy (non-hydrogen) atoms. The van der Waals surface area contributed by atoms with Gasteiger partial charge in [-0.1, -0.05) is 26.8 Å². The lowest BCUT2D eigenvalue weighted by molar-refractivity contribution is 0.0303. The van der Waals surface area contributed by atoms with Gasteiger partial charge in [0.25, 0.3) is 0 Å². The van der Waals surface area contributed by atoms with Crippen LogP contribution in [0.25, 0.3) is 0 Å². The number of rotatable bonds is 0. The van der Waals surface area contributed by atoms with Gasteiger partial charge in [0.2, 0.25) is 0 Å². The molecule has 0 amide bonds. The Kier molecular flexibility index (Phi) is 2.35. The van der Waals surface area contributed by atoms with Crippen molar-refractivity contribution in [1.29, 1.82) is 0 Å². The fraction of sp³-hybridized carbons (Fsp3) is 0.778. The van der Waals surface area contributed by atoms with Crippen LogP contribution in [0.15, 0.2) is 12.2 Å². The van der Waals surface area contributed by atoms with Gasteiger partial charge in [-0.15, -0.1) is 0 Å². The minimum Gasteiger partial charge on any atom is -0.359 e. The first-order chi connectivity index (χ1) is 5.00. The zero-order valence-corrected chi connectivity index (χ0v) is 7.50. The van der Waals surface area contributed by atoms with Crippen LogP contribution in [-0.2, 0) is 4.74 Å². The standard InChI is InChI=1S/C9H17NO/c1-9(2,3)7-4-5-8(10)11-6-7/h4-5,7-8H,6,10H2,1-3H3. The summed E-state index contributed by atoms with van der Waals surface area (Å²) in [5, 5.41) is 0. The minimum absolute atomic E-state index is 0.186. The van der Waals surface area contributed by atoms with Gasteiger partial charge in [0, 0.05) is 5.92 Å². The van der Waals surface area contributed by atoms with Gasteiger partial charge in [-0.25, -0.2) is 0 Å². The topological polar surface area (TPSA) is 35.2 Å². The Morgan fingerprint density at radius 3 is 2.36 bits per heavy atom. The van der Waals surface area contributed by atoms with Gasteiger partial charge in [-0.05, 0) is 11.5 Å². The first kappa shape index (κ1) is 8.75. The van der Waals surface area contributed by atoms with Gasteiger partial charge in [-0.2, -0.15) is 0 Å². The fourth-order valence-corrected chi connectivity index (χ4v) is 1.11. The quantitative estimate of drug-likeness (QED) is 0.538. The number of hydrogen-bond donors (Lipinski definition) is 1. The molecule has 2 nitrogen and oxygen atoms in total. The fourth-order valence-electron chi connectivity index (χ4n) is 1.11. The van der Waals surface area contributed by atoms with Crippen LogP contribution in [0.1, 0.15) is 20.8 Å². The second-order valence-corrected chi connectivity index (χ2v) is 4.16. The van der Waals surface area contributed by atoms with Gasteiger partial charge in [0.1, 0.15) is 6.23 Å². The Morgan fingerprint density at radius 2 is 2.00 bits per heavy atom. The van der Waals surface area contributed by atoms with E-state index in [9.17, 15) is 0 Å². The Hall–Kier alpha value is -0.340. The highest BCUT2D eigenvalue weighted by Gasteiger charge is 2.25. The van der Waals surface area contributed by atoms with Gasteiger partial charge in [-0.3, -0.25) is 0 Å². The van der Waals surface area contributed by atoms with Crippen LogP contribution >= 0.6 is 0 Å². The van der Waals surface area contributed by atoms with Crippen LogP contribution in [0, 0.1) is 11.3 Å². The zero-order chi connectivity index (χ0) is 8.48. The molecular formula is C9H17NO. The van der Waals surface area contributed by atoms with Crippen molar-refractivity contribution in [2.45, 2.75) is 27.0 Å². The molecule has 64 valence electrons. The molecule has 1 aliphatic heterocycles. The van der Waals surface area contributed by atoms with Crippen molar-refractivity contribution in [2.75, 3.05) is 6.61 Å². The summed E-state index contributed by atoms with van der Waals surface area (Å²) in [5.74, 6) is 0.502. The van der Waals surface area contributed by atoms with Crippen LogP contribution in [0.2, 0.25) is 0 Å². The van der Waals surface area contributed by atoms with Crippen molar-refractivity contribution in [3.8, 4) is 0 Å². The van der Waals surface area contributed by atoms with Gasteiger partial charge < -0.3 is 10.5 Å². The van der Waals surface area contributed by atoms with Crippen LogP contribution < -0.4 is 5.73 Å². The molecule has 1 heterocycles. The molecule has 0 aromatic rings. The summed E-state index contributed by atoms with van der Waals surface area (Å²) < 4.78 is 5.31. The third-order valence-corrected chi connectivity index (χ3v) is 2.11. The summed E-state index contributed by atoms with van der Waals surface area (Å²) >= 11 is 0. The second-order valence-electron chi connectivity index (χ2n) is 4.16. The van der Waals surface area contributed by atoms with E-state index in [2.05, 4.69) is 26.8 Å². The second kappa shape index (κ2) is 2.95.